The highest BCUT2D eigenvalue weighted by Gasteiger charge is 1.83. The first-order valence-electron chi connectivity index (χ1n) is 2.06. The molecule has 0 aromatic heterocycles. The summed E-state index contributed by atoms with van der Waals surface area (Å²) in [6.07, 6.45) is 0. The van der Waals surface area contributed by atoms with Crippen molar-refractivity contribution in [3.8, 4) is 0 Å². The monoisotopic (exact) mass is 151 g/mol. The normalized spacial score (nSPS) is 10.0. The molecule has 0 heterocycles. The van der Waals surface area contributed by atoms with Crippen LogP contribution in [-0.2, 0) is 0 Å². The van der Waals surface area contributed by atoms with Crippen molar-refractivity contribution in [3.63, 3.8) is 0 Å². The van der Waals surface area contributed by atoms with Crippen LogP contribution >= 0.6 is 15.9 Å². The van der Waals surface area contributed by atoms with Gasteiger partial charge in [-0.3, -0.25) is 0 Å². The van der Waals surface area contributed by atoms with E-state index in [1.807, 2.05) is 0 Å². The summed E-state index contributed by atoms with van der Waals surface area (Å²) in [6.45, 7) is 4.22. The molecule has 0 fully saturated rings. The molecule has 2 heteroatoms. The Morgan fingerprint density at radius 3 is 2.17 bits per heavy atom. The molecule has 0 rings (SSSR count). The molecule has 1 N–H and O–H groups in total. The summed E-state index contributed by atoms with van der Waals surface area (Å²) >= 11 is 3.24. The summed E-state index contributed by atoms with van der Waals surface area (Å²) in [4.78, 5) is 0. The van der Waals surface area contributed by atoms with Crippen molar-refractivity contribution < 1.29 is 0 Å². The zero-order valence-corrected chi connectivity index (χ0v) is 5.75. The fraction of sp³-hybridized carbons (Fsp3) is 1.00. The van der Waals surface area contributed by atoms with E-state index < -0.39 is 0 Å². The van der Waals surface area contributed by atoms with E-state index in [-0.39, 0.29) is 0 Å². The van der Waals surface area contributed by atoms with Gasteiger partial charge in [-0.2, -0.15) is 0 Å². The van der Waals surface area contributed by atoms with Crippen LogP contribution in [0.2, 0.25) is 0 Å². The molecular formula is C4H10BrN. The van der Waals surface area contributed by atoms with Gasteiger partial charge in [0.1, 0.15) is 0 Å². The van der Waals surface area contributed by atoms with Gasteiger partial charge in [-0.05, 0) is 0 Å². The molecular weight excluding hydrogens is 142 g/mol. The predicted molar refractivity (Wildman–Crippen MR) is 32.1 cm³/mol. The first-order valence-corrected chi connectivity index (χ1v) is 3.19. The van der Waals surface area contributed by atoms with Crippen LogP contribution < -0.4 is 5.32 Å². The van der Waals surface area contributed by atoms with Crippen molar-refractivity contribution in [2.24, 2.45) is 0 Å². The van der Waals surface area contributed by atoms with Crippen molar-refractivity contribution in [1.29, 1.82) is 0 Å². The average molecular weight is 152 g/mol. The largest absolute Gasteiger partial charge is 0.305 e. The predicted octanol–water partition coefficient (Wildman–Crippen LogP) is 1.34. The average Bonchev–Trinajstić information content (AvgIpc) is 1.35. The Balaban J connectivity index is 2.63. The zero-order chi connectivity index (χ0) is 4.99. The fourth-order valence-electron chi connectivity index (χ4n) is 0.154. The van der Waals surface area contributed by atoms with E-state index in [0.29, 0.717) is 6.04 Å². The molecule has 0 aromatic carbocycles. The lowest BCUT2D eigenvalue weighted by Crippen LogP contribution is -2.19. The molecule has 0 bridgehead atoms. The quantitative estimate of drug-likeness (QED) is 0.465. The van der Waals surface area contributed by atoms with Crippen LogP contribution in [-0.4, -0.2) is 11.5 Å². The number of halogens is 1. The van der Waals surface area contributed by atoms with E-state index in [9.17, 15) is 0 Å². The third-order valence-corrected chi connectivity index (χ3v) is 0.809. The molecule has 0 radical (unpaired) electrons. The third kappa shape index (κ3) is 4.44. The summed E-state index contributed by atoms with van der Waals surface area (Å²) in [5, 5.41) is 3.12. The Bertz CT molecular complexity index is 28.7. The highest BCUT2D eigenvalue weighted by molar-refractivity contribution is 9.09. The second-order valence-electron chi connectivity index (χ2n) is 1.49. The molecule has 0 aliphatic carbocycles. The van der Waals surface area contributed by atoms with Gasteiger partial charge in [0.25, 0.3) is 0 Å². The van der Waals surface area contributed by atoms with Crippen molar-refractivity contribution >= 4 is 15.9 Å². The van der Waals surface area contributed by atoms with Gasteiger partial charge in [0, 0.05) is 6.04 Å². The lowest BCUT2D eigenvalue weighted by atomic mass is 10.4. The van der Waals surface area contributed by atoms with Gasteiger partial charge >= 0.3 is 0 Å². The number of hydrogen-bond donors (Lipinski definition) is 1. The molecule has 0 aliphatic rings. The van der Waals surface area contributed by atoms with Crippen molar-refractivity contribution in [2.45, 2.75) is 19.9 Å². The van der Waals surface area contributed by atoms with Crippen LogP contribution in [0.4, 0.5) is 0 Å². The van der Waals surface area contributed by atoms with E-state index in [0.717, 1.165) is 5.45 Å². The van der Waals surface area contributed by atoms with E-state index in [2.05, 4.69) is 35.1 Å². The summed E-state index contributed by atoms with van der Waals surface area (Å²) in [5.74, 6) is 0. The third-order valence-electron chi connectivity index (χ3n) is 0.485. The molecule has 0 unspecified atom stereocenters. The first-order chi connectivity index (χ1) is 2.77. The van der Waals surface area contributed by atoms with E-state index in [1.165, 1.54) is 0 Å². The van der Waals surface area contributed by atoms with Crippen molar-refractivity contribution in [1.82, 2.24) is 5.32 Å². The maximum atomic E-state index is 3.24. The minimum absolute atomic E-state index is 0.601. The Hall–Kier alpha value is 0.440. The van der Waals surface area contributed by atoms with Gasteiger partial charge < -0.3 is 5.32 Å². The molecule has 0 aromatic rings. The molecule has 0 saturated heterocycles. The van der Waals surface area contributed by atoms with Gasteiger partial charge in [0.15, 0.2) is 0 Å². The van der Waals surface area contributed by atoms with Crippen LogP contribution in [0.3, 0.4) is 0 Å². The van der Waals surface area contributed by atoms with Crippen LogP contribution in [0.15, 0.2) is 0 Å². The lowest BCUT2D eigenvalue weighted by molar-refractivity contribution is 0.658. The molecule has 1 nitrogen and oxygen atoms in total. The Labute approximate surface area is 47.3 Å². The van der Waals surface area contributed by atoms with Gasteiger partial charge in [-0.25, -0.2) is 0 Å². The van der Waals surface area contributed by atoms with Crippen LogP contribution in [0, 0.1) is 0 Å². The maximum Gasteiger partial charge on any atom is 0.0519 e. The number of hydrogen-bond acceptors (Lipinski definition) is 1. The first kappa shape index (κ1) is 6.44. The molecule has 0 spiro atoms. The molecule has 0 atom stereocenters. The molecule has 0 amide bonds. The highest BCUT2D eigenvalue weighted by Crippen LogP contribution is 1.77. The Morgan fingerprint density at radius 1 is 1.67 bits per heavy atom. The van der Waals surface area contributed by atoms with E-state index >= 15 is 0 Å². The van der Waals surface area contributed by atoms with Crippen LogP contribution in [0.5, 0.6) is 0 Å². The minimum atomic E-state index is 0.601. The maximum absolute atomic E-state index is 3.24. The highest BCUT2D eigenvalue weighted by atomic mass is 79.9. The number of nitrogens with one attached hydrogen (secondary N) is 1. The minimum Gasteiger partial charge on any atom is -0.305 e. The SMILES string of the molecule is CC(C)NCBr. The molecule has 0 saturated carbocycles. The van der Waals surface area contributed by atoms with Gasteiger partial charge in [-0.1, -0.05) is 29.8 Å². The summed E-state index contributed by atoms with van der Waals surface area (Å²) in [6, 6.07) is 0.601. The Kier molecular flexibility index (Phi) is 3.89. The van der Waals surface area contributed by atoms with E-state index in [1.54, 1.807) is 0 Å². The van der Waals surface area contributed by atoms with Crippen molar-refractivity contribution in [3.05, 3.63) is 0 Å². The smallest absolute Gasteiger partial charge is 0.0519 e. The van der Waals surface area contributed by atoms with Crippen molar-refractivity contribution in [2.75, 3.05) is 5.45 Å². The second kappa shape index (κ2) is 3.62. The topological polar surface area (TPSA) is 12.0 Å². The molecule has 0 aliphatic heterocycles. The summed E-state index contributed by atoms with van der Waals surface area (Å²) in [5.41, 5.74) is 0.894. The summed E-state index contributed by atoms with van der Waals surface area (Å²) in [7, 11) is 0. The van der Waals surface area contributed by atoms with Gasteiger partial charge in [0.05, 0.1) is 5.45 Å². The fourth-order valence-corrected chi connectivity index (χ4v) is 0.802. The van der Waals surface area contributed by atoms with Gasteiger partial charge in [0.2, 0.25) is 0 Å². The van der Waals surface area contributed by atoms with E-state index in [4.69, 9.17) is 0 Å². The standard InChI is InChI=1S/C4H10BrN/c1-4(2)6-3-5/h4,6H,3H2,1-2H3. The molecule has 38 valence electrons. The lowest BCUT2D eigenvalue weighted by Gasteiger charge is -1.99. The molecule has 6 heavy (non-hydrogen) atoms. The number of alkyl halides is 1. The van der Waals surface area contributed by atoms with Crippen LogP contribution in [0.25, 0.3) is 0 Å². The zero-order valence-electron chi connectivity index (χ0n) is 4.16. The summed E-state index contributed by atoms with van der Waals surface area (Å²) < 4.78 is 0. The van der Waals surface area contributed by atoms with Crippen LogP contribution in [0.1, 0.15) is 13.8 Å². The number of rotatable bonds is 2. The second-order valence-corrected chi connectivity index (χ2v) is 2.05. The van der Waals surface area contributed by atoms with Gasteiger partial charge in [-0.15, -0.1) is 0 Å². The Morgan fingerprint density at radius 2 is 2.17 bits per heavy atom.